The van der Waals surface area contributed by atoms with Gasteiger partial charge in [0.1, 0.15) is 6.10 Å². The molecule has 1 aliphatic carbocycles. The molecule has 1 saturated heterocycles. The van der Waals surface area contributed by atoms with Crippen LogP contribution in [0.5, 0.6) is 11.5 Å². The molecule has 0 amide bonds. The lowest BCUT2D eigenvalue weighted by molar-refractivity contribution is 0.199. The number of ether oxygens (including phenoxy) is 2. The zero-order chi connectivity index (χ0) is 15.4. The summed E-state index contributed by atoms with van der Waals surface area (Å²) in [5.74, 6) is 4.04. The first-order valence-corrected chi connectivity index (χ1v) is 9.59. The molecular weight excluding hydrogens is 294 g/mol. The van der Waals surface area contributed by atoms with Gasteiger partial charge in [-0.15, -0.1) is 0 Å². The van der Waals surface area contributed by atoms with Crippen molar-refractivity contribution in [3.05, 3.63) is 23.8 Å². The summed E-state index contributed by atoms with van der Waals surface area (Å²) in [5.41, 5.74) is 7.58. The van der Waals surface area contributed by atoms with Gasteiger partial charge in [0.25, 0.3) is 0 Å². The smallest absolute Gasteiger partial charge is 0.165 e. The second-order valence-electron chi connectivity index (χ2n) is 6.51. The summed E-state index contributed by atoms with van der Waals surface area (Å²) >= 11 is 1.98. The second-order valence-corrected chi connectivity index (χ2v) is 7.66. The number of hydrogen-bond donors (Lipinski definition) is 1. The van der Waals surface area contributed by atoms with Crippen molar-refractivity contribution in [3.63, 3.8) is 0 Å². The third kappa shape index (κ3) is 3.38. The molecule has 0 radical (unpaired) electrons. The van der Waals surface area contributed by atoms with Crippen molar-refractivity contribution in [1.82, 2.24) is 0 Å². The number of para-hydroxylation sites is 1. The van der Waals surface area contributed by atoms with E-state index in [4.69, 9.17) is 15.2 Å². The molecule has 122 valence electrons. The molecule has 4 heteroatoms. The Morgan fingerprint density at radius 3 is 2.68 bits per heavy atom. The summed E-state index contributed by atoms with van der Waals surface area (Å²) in [6.45, 7) is 0. The van der Waals surface area contributed by atoms with Crippen molar-refractivity contribution in [2.75, 3.05) is 18.6 Å². The summed E-state index contributed by atoms with van der Waals surface area (Å²) in [6.07, 6.45) is 8.41. The monoisotopic (exact) mass is 321 g/mol. The fourth-order valence-electron chi connectivity index (χ4n) is 3.65. The molecule has 3 nitrogen and oxygen atoms in total. The van der Waals surface area contributed by atoms with Crippen LogP contribution < -0.4 is 15.2 Å². The first-order chi connectivity index (χ1) is 10.7. The van der Waals surface area contributed by atoms with Gasteiger partial charge in [-0.1, -0.05) is 31.4 Å². The molecule has 1 heterocycles. The van der Waals surface area contributed by atoms with E-state index in [1.54, 1.807) is 7.11 Å². The lowest BCUT2D eigenvalue weighted by atomic mass is 9.77. The molecule has 3 rings (SSSR count). The standard InChI is InChI=1S/C18H27NO2S/c1-20-17-15(18(19)10-3-2-4-11-18)8-5-9-16(17)21-14-7-6-12-22-13-14/h5,8-9,14H,2-4,6-7,10-13,19H2,1H3. The lowest BCUT2D eigenvalue weighted by Gasteiger charge is -2.35. The van der Waals surface area contributed by atoms with Crippen LogP contribution in [0.2, 0.25) is 0 Å². The van der Waals surface area contributed by atoms with Crippen LogP contribution in [0.1, 0.15) is 50.5 Å². The molecule has 22 heavy (non-hydrogen) atoms. The Hall–Kier alpha value is -0.870. The molecule has 2 N–H and O–H groups in total. The minimum Gasteiger partial charge on any atom is -0.493 e. The highest BCUT2D eigenvalue weighted by atomic mass is 32.2. The minimum atomic E-state index is -0.260. The minimum absolute atomic E-state index is 0.260. The normalized spacial score (nSPS) is 24.7. The maximum absolute atomic E-state index is 6.72. The maximum atomic E-state index is 6.72. The first kappa shape index (κ1) is 16.0. The zero-order valence-corrected chi connectivity index (χ0v) is 14.3. The van der Waals surface area contributed by atoms with Gasteiger partial charge >= 0.3 is 0 Å². The quantitative estimate of drug-likeness (QED) is 0.907. The van der Waals surface area contributed by atoms with Gasteiger partial charge in [-0.2, -0.15) is 11.8 Å². The number of methoxy groups -OCH3 is 1. The van der Waals surface area contributed by atoms with Crippen LogP contribution in [0.3, 0.4) is 0 Å². The van der Waals surface area contributed by atoms with Crippen LogP contribution in [0.25, 0.3) is 0 Å². The third-order valence-electron chi connectivity index (χ3n) is 4.88. The van der Waals surface area contributed by atoms with Crippen LogP contribution in [-0.2, 0) is 5.54 Å². The molecule has 1 saturated carbocycles. The summed E-state index contributed by atoms with van der Waals surface area (Å²) in [6, 6.07) is 6.20. The summed E-state index contributed by atoms with van der Waals surface area (Å²) in [5, 5.41) is 0. The highest BCUT2D eigenvalue weighted by Gasteiger charge is 2.33. The van der Waals surface area contributed by atoms with E-state index in [0.29, 0.717) is 6.10 Å². The number of rotatable bonds is 4. The Bertz CT molecular complexity index is 494. The molecule has 1 unspecified atom stereocenters. The zero-order valence-electron chi connectivity index (χ0n) is 13.5. The Balaban J connectivity index is 1.86. The van der Waals surface area contributed by atoms with Crippen LogP contribution in [-0.4, -0.2) is 24.7 Å². The van der Waals surface area contributed by atoms with E-state index in [1.807, 2.05) is 17.8 Å². The van der Waals surface area contributed by atoms with Crippen LogP contribution >= 0.6 is 11.8 Å². The largest absolute Gasteiger partial charge is 0.493 e. The van der Waals surface area contributed by atoms with Crippen molar-refractivity contribution in [2.45, 2.75) is 56.6 Å². The molecule has 1 atom stereocenters. The van der Waals surface area contributed by atoms with Gasteiger partial charge in [0.05, 0.1) is 7.11 Å². The number of hydrogen-bond acceptors (Lipinski definition) is 4. The first-order valence-electron chi connectivity index (χ1n) is 8.44. The van der Waals surface area contributed by atoms with Gasteiger partial charge in [-0.25, -0.2) is 0 Å². The van der Waals surface area contributed by atoms with Crippen molar-refractivity contribution in [2.24, 2.45) is 5.73 Å². The molecule has 1 aromatic carbocycles. The predicted octanol–water partition coefficient (Wildman–Crippen LogP) is 4.09. The van der Waals surface area contributed by atoms with Crippen LogP contribution in [0.15, 0.2) is 18.2 Å². The maximum Gasteiger partial charge on any atom is 0.165 e. The Labute approximate surface area is 137 Å². The van der Waals surface area contributed by atoms with E-state index in [0.717, 1.165) is 42.1 Å². The Morgan fingerprint density at radius 2 is 2.00 bits per heavy atom. The van der Waals surface area contributed by atoms with Crippen LogP contribution in [0.4, 0.5) is 0 Å². The van der Waals surface area contributed by atoms with Gasteiger partial charge < -0.3 is 15.2 Å². The highest BCUT2D eigenvalue weighted by molar-refractivity contribution is 7.99. The van der Waals surface area contributed by atoms with Crippen molar-refractivity contribution in [3.8, 4) is 11.5 Å². The van der Waals surface area contributed by atoms with Crippen molar-refractivity contribution < 1.29 is 9.47 Å². The van der Waals surface area contributed by atoms with Gasteiger partial charge in [-0.3, -0.25) is 0 Å². The van der Waals surface area contributed by atoms with Gasteiger partial charge in [0, 0.05) is 16.9 Å². The average Bonchev–Trinajstić information content (AvgIpc) is 2.56. The van der Waals surface area contributed by atoms with E-state index in [-0.39, 0.29) is 5.54 Å². The predicted molar refractivity (Wildman–Crippen MR) is 92.9 cm³/mol. The average molecular weight is 321 g/mol. The highest BCUT2D eigenvalue weighted by Crippen LogP contribution is 2.43. The van der Waals surface area contributed by atoms with E-state index in [2.05, 4.69) is 12.1 Å². The number of thioether (sulfide) groups is 1. The van der Waals surface area contributed by atoms with E-state index in [9.17, 15) is 0 Å². The fraction of sp³-hybridized carbons (Fsp3) is 0.667. The SMILES string of the molecule is COc1c(OC2CCCSC2)cccc1C1(N)CCCCC1. The topological polar surface area (TPSA) is 44.5 Å². The molecule has 2 aliphatic rings. The molecule has 1 aliphatic heterocycles. The van der Waals surface area contributed by atoms with Crippen molar-refractivity contribution in [1.29, 1.82) is 0 Å². The summed E-state index contributed by atoms with van der Waals surface area (Å²) in [7, 11) is 1.73. The fourth-order valence-corrected chi connectivity index (χ4v) is 4.68. The number of benzene rings is 1. The van der Waals surface area contributed by atoms with E-state index in [1.165, 1.54) is 31.4 Å². The van der Waals surface area contributed by atoms with Gasteiger partial charge in [-0.05, 0) is 37.5 Å². The molecular formula is C18H27NO2S. The van der Waals surface area contributed by atoms with E-state index < -0.39 is 0 Å². The summed E-state index contributed by atoms with van der Waals surface area (Å²) < 4.78 is 12.0. The second kappa shape index (κ2) is 7.14. The third-order valence-corrected chi connectivity index (χ3v) is 6.06. The van der Waals surface area contributed by atoms with Crippen molar-refractivity contribution >= 4 is 11.8 Å². The molecule has 0 spiro atoms. The molecule has 0 aromatic heterocycles. The molecule has 2 fully saturated rings. The van der Waals surface area contributed by atoms with E-state index >= 15 is 0 Å². The number of nitrogens with two attached hydrogens (primary N) is 1. The lowest BCUT2D eigenvalue weighted by Crippen LogP contribution is -2.39. The van der Waals surface area contributed by atoms with Gasteiger partial charge in [0.2, 0.25) is 0 Å². The summed E-state index contributed by atoms with van der Waals surface area (Å²) in [4.78, 5) is 0. The Morgan fingerprint density at radius 1 is 1.18 bits per heavy atom. The van der Waals surface area contributed by atoms with Gasteiger partial charge in [0.15, 0.2) is 11.5 Å². The Kier molecular flexibility index (Phi) is 5.19. The molecule has 1 aromatic rings. The van der Waals surface area contributed by atoms with Crippen LogP contribution in [0, 0.1) is 0 Å². The molecule has 0 bridgehead atoms.